The van der Waals surface area contributed by atoms with Crippen molar-refractivity contribution in [3.8, 4) is 0 Å². The van der Waals surface area contributed by atoms with Crippen LogP contribution < -0.4 is 0 Å². The lowest BCUT2D eigenvalue weighted by atomic mass is 10.1. The average molecular weight is 174 g/mol. The summed E-state index contributed by atoms with van der Waals surface area (Å²) in [5.41, 5.74) is 3.46. The second-order valence-electron chi connectivity index (χ2n) is 3.43. The van der Waals surface area contributed by atoms with E-state index < -0.39 is 0 Å². The Labute approximate surface area is 76.0 Å². The number of nitrogens with zero attached hydrogens (tertiary/aromatic N) is 2. The Bertz CT molecular complexity index is 457. The summed E-state index contributed by atoms with van der Waals surface area (Å²) >= 11 is 0. The first-order valence-corrected chi connectivity index (χ1v) is 4.37. The van der Waals surface area contributed by atoms with Crippen molar-refractivity contribution in [2.24, 2.45) is 7.05 Å². The van der Waals surface area contributed by atoms with Gasteiger partial charge >= 0.3 is 0 Å². The Morgan fingerprint density at radius 3 is 3.15 bits per heavy atom. The summed E-state index contributed by atoms with van der Waals surface area (Å²) in [5.74, 6) is 0. The smallest absolute Gasteiger partial charge is 0.106 e. The fourth-order valence-electron chi connectivity index (χ4n) is 1.59. The maximum atomic E-state index is 5.22. The lowest BCUT2D eigenvalue weighted by Crippen LogP contribution is -1.84. The first kappa shape index (κ1) is 7.09. The van der Waals surface area contributed by atoms with Crippen LogP contribution in [-0.4, -0.2) is 16.2 Å². The second kappa shape index (κ2) is 2.33. The number of epoxide rings is 1. The van der Waals surface area contributed by atoms with Crippen LogP contribution in [0.4, 0.5) is 0 Å². The number of ether oxygens (including phenoxy) is 1. The van der Waals surface area contributed by atoms with Crippen molar-refractivity contribution in [2.75, 3.05) is 6.61 Å². The van der Waals surface area contributed by atoms with Crippen molar-refractivity contribution in [2.45, 2.75) is 6.10 Å². The molecule has 3 rings (SSSR count). The Hall–Kier alpha value is -1.35. The van der Waals surface area contributed by atoms with Crippen LogP contribution in [0.2, 0.25) is 0 Å². The average Bonchev–Trinajstić information content (AvgIpc) is 2.93. The molecular weight excluding hydrogens is 164 g/mol. The maximum Gasteiger partial charge on any atom is 0.106 e. The van der Waals surface area contributed by atoms with Crippen LogP contribution in [0.3, 0.4) is 0 Å². The van der Waals surface area contributed by atoms with Gasteiger partial charge in [-0.05, 0) is 17.7 Å². The van der Waals surface area contributed by atoms with Gasteiger partial charge in [-0.3, -0.25) is 0 Å². The van der Waals surface area contributed by atoms with Crippen LogP contribution in [0.1, 0.15) is 11.7 Å². The fourth-order valence-corrected chi connectivity index (χ4v) is 1.59. The van der Waals surface area contributed by atoms with Gasteiger partial charge in [0.25, 0.3) is 0 Å². The normalized spacial score (nSPS) is 20.8. The van der Waals surface area contributed by atoms with Crippen molar-refractivity contribution in [1.29, 1.82) is 0 Å². The molecule has 1 aliphatic heterocycles. The fraction of sp³-hybridized carbons (Fsp3) is 0.300. The molecule has 0 bridgehead atoms. The van der Waals surface area contributed by atoms with Crippen LogP contribution in [0.25, 0.3) is 11.0 Å². The van der Waals surface area contributed by atoms with Crippen molar-refractivity contribution in [3.63, 3.8) is 0 Å². The van der Waals surface area contributed by atoms with E-state index in [1.807, 2.05) is 17.9 Å². The van der Waals surface area contributed by atoms with Crippen LogP contribution in [0.5, 0.6) is 0 Å². The predicted molar refractivity (Wildman–Crippen MR) is 49.4 cm³/mol. The molecule has 1 aliphatic rings. The summed E-state index contributed by atoms with van der Waals surface area (Å²) < 4.78 is 7.24. The molecule has 2 aromatic rings. The topological polar surface area (TPSA) is 30.4 Å². The standard InChI is InChI=1S/C10H10N2O/c1-12-6-11-8-4-7(10-5-13-10)2-3-9(8)12/h2-4,6,10H,5H2,1H3/t10-/m1/s1. The summed E-state index contributed by atoms with van der Waals surface area (Å²) in [4.78, 5) is 4.30. The number of fused-ring (bicyclic) bond motifs is 1. The van der Waals surface area contributed by atoms with E-state index in [1.54, 1.807) is 0 Å². The molecule has 2 heterocycles. The number of hydrogen-bond acceptors (Lipinski definition) is 2. The molecule has 3 heteroatoms. The van der Waals surface area contributed by atoms with E-state index in [-0.39, 0.29) is 0 Å². The molecule has 0 unspecified atom stereocenters. The predicted octanol–water partition coefficient (Wildman–Crippen LogP) is 1.64. The minimum absolute atomic E-state index is 0.325. The summed E-state index contributed by atoms with van der Waals surface area (Å²) in [5, 5.41) is 0. The molecule has 0 N–H and O–H groups in total. The zero-order chi connectivity index (χ0) is 8.84. The summed E-state index contributed by atoms with van der Waals surface area (Å²) in [7, 11) is 2.00. The van der Waals surface area contributed by atoms with E-state index in [1.165, 1.54) is 11.1 Å². The van der Waals surface area contributed by atoms with Gasteiger partial charge in [0.15, 0.2) is 0 Å². The van der Waals surface area contributed by atoms with E-state index in [0.29, 0.717) is 6.10 Å². The van der Waals surface area contributed by atoms with Crippen molar-refractivity contribution >= 4 is 11.0 Å². The number of benzene rings is 1. The zero-order valence-corrected chi connectivity index (χ0v) is 7.40. The second-order valence-corrected chi connectivity index (χ2v) is 3.43. The van der Waals surface area contributed by atoms with Crippen LogP contribution in [0.15, 0.2) is 24.5 Å². The van der Waals surface area contributed by atoms with Gasteiger partial charge in [-0.1, -0.05) is 6.07 Å². The third-order valence-electron chi connectivity index (χ3n) is 2.45. The van der Waals surface area contributed by atoms with Crippen molar-refractivity contribution < 1.29 is 4.74 Å². The lowest BCUT2D eigenvalue weighted by Gasteiger charge is -1.96. The number of hydrogen-bond donors (Lipinski definition) is 0. The van der Waals surface area contributed by atoms with Crippen LogP contribution in [-0.2, 0) is 11.8 Å². The molecule has 0 spiro atoms. The Kier molecular flexibility index (Phi) is 1.27. The van der Waals surface area contributed by atoms with Crippen molar-refractivity contribution in [3.05, 3.63) is 30.1 Å². The highest BCUT2D eigenvalue weighted by molar-refractivity contribution is 5.76. The van der Waals surface area contributed by atoms with Gasteiger partial charge in [-0.25, -0.2) is 4.98 Å². The molecule has 1 atom stereocenters. The highest BCUT2D eigenvalue weighted by atomic mass is 16.6. The monoisotopic (exact) mass is 174 g/mol. The molecule has 1 aromatic heterocycles. The molecule has 66 valence electrons. The van der Waals surface area contributed by atoms with Gasteiger partial charge in [0.05, 0.1) is 24.0 Å². The minimum Gasteiger partial charge on any atom is -0.368 e. The third-order valence-corrected chi connectivity index (χ3v) is 2.45. The van der Waals surface area contributed by atoms with Gasteiger partial charge < -0.3 is 9.30 Å². The quantitative estimate of drug-likeness (QED) is 0.615. The molecule has 0 radical (unpaired) electrons. The van der Waals surface area contributed by atoms with E-state index in [0.717, 1.165) is 12.1 Å². The van der Waals surface area contributed by atoms with E-state index in [9.17, 15) is 0 Å². The van der Waals surface area contributed by atoms with Crippen LogP contribution in [0, 0.1) is 0 Å². The van der Waals surface area contributed by atoms with Gasteiger partial charge in [0, 0.05) is 7.05 Å². The molecule has 3 nitrogen and oxygen atoms in total. The molecule has 0 saturated carbocycles. The van der Waals surface area contributed by atoms with Crippen molar-refractivity contribution in [1.82, 2.24) is 9.55 Å². The minimum atomic E-state index is 0.325. The number of imidazole rings is 1. The molecular formula is C10H10N2O. The SMILES string of the molecule is Cn1cnc2cc([C@H]3CO3)ccc21. The van der Waals surface area contributed by atoms with E-state index in [4.69, 9.17) is 4.74 Å². The third kappa shape index (κ3) is 1.04. The van der Waals surface area contributed by atoms with Gasteiger partial charge in [-0.15, -0.1) is 0 Å². The van der Waals surface area contributed by atoms with Gasteiger partial charge in [0.1, 0.15) is 6.10 Å². The molecule has 1 fully saturated rings. The summed E-state index contributed by atoms with van der Waals surface area (Å²) in [6, 6.07) is 6.31. The molecule has 0 aliphatic carbocycles. The van der Waals surface area contributed by atoms with Gasteiger partial charge in [-0.2, -0.15) is 0 Å². The molecule has 13 heavy (non-hydrogen) atoms. The van der Waals surface area contributed by atoms with Crippen LogP contribution >= 0.6 is 0 Å². The number of aryl methyl sites for hydroxylation is 1. The Morgan fingerprint density at radius 2 is 2.38 bits per heavy atom. The van der Waals surface area contributed by atoms with E-state index >= 15 is 0 Å². The number of aromatic nitrogens is 2. The summed E-state index contributed by atoms with van der Waals surface area (Å²) in [6.45, 7) is 0.859. The first-order valence-electron chi connectivity index (χ1n) is 4.37. The zero-order valence-electron chi connectivity index (χ0n) is 7.40. The highest BCUT2D eigenvalue weighted by Gasteiger charge is 2.24. The Balaban J connectivity index is 2.21. The Morgan fingerprint density at radius 1 is 1.54 bits per heavy atom. The number of rotatable bonds is 1. The maximum absolute atomic E-state index is 5.22. The molecule has 0 amide bonds. The largest absolute Gasteiger partial charge is 0.368 e. The highest BCUT2D eigenvalue weighted by Crippen LogP contribution is 2.31. The molecule has 1 aromatic carbocycles. The first-order chi connectivity index (χ1) is 6.34. The molecule has 1 saturated heterocycles. The summed E-state index contributed by atoms with van der Waals surface area (Å²) in [6.07, 6.45) is 2.16. The van der Waals surface area contributed by atoms with Gasteiger partial charge in [0.2, 0.25) is 0 Å². The van der Waals surface area contributed by atoms with E-state index in [2.05, 4.69) is 23.2 Å². The lowest BCUT2D eigenvalue weighted by molar-refractivity contribution is 0.416.